The molecule has 5 atom stereocenters. The van der Waals surface area contributed by atoms with Gasteiger partial charge in [-0.15, -0.1) is 0 Å². The third-order valence-corrected chi connectivity index (χ3v) is 6.13. The Hall–Kier alpha value is -3.58. The molecule has 4 aromatic rings. The molecule has 4 unspecified atom stereocenters. The predicted octanol–water partition coefficient (Wildman–Crippen LogP) is 0.505. The van der Waals surface area contributed by atoms with Gasteiger partial charge in [-0.05, 0) is 18.6 Å². The van der Waals surface area contributed by atoms with Gasteiger partial charge in [-0.3, -0.25) is 4.57 Å². The van der Waals surface area contributed by atoms with Gasteiger partial charge in [0.05, 0.1) is 19.5 Å². The van der Waals surface area contributed by atoms with E-state index in [0.717, 1.165) is 16.5 Å². The Bertz CT molecular complexity index is 1340. The molecule has 1 fully saturated rings. The van der Waals surface area contributed by atoms with Crippen molar-refractivity contribution < 1.29 is 29.6 Å². The van der Waals surface area contributed by atoms with Crippen LogP contribution in [0.15, 0.2) is 43.1 Å². The van der Waals surface area contributed by atoms with Crippen molar-refractivity contribution in [1.29, 1.82) is 0 Å². The molecule has 184 valence electrons. The number of aromatic amines is 1. The van der Waals surface area contributed by atoms with E-state index < -0.39 is 43.2 Å². The molecule has 0 spiro atoms. The Morgan fingerprint density at radius 3 is 2.86 bits per heavy atom. The zero-order valence-electron chi connectivity index (χ0n) is 18.9. The number of nitrogens with one attached hydrogen (secondary N) is 2. The van der Waals surface area contributed by atoms with Crippen LogP contribution in [0, 0.1) is 0 Å². The molecule has 3 aromatic heterocycles. The van der Waals surface area contributed by atoms with Gasteiger partial charge in [-0.25, -0.2) is 19.7 Å². The number of imidazole rings is 1. The van der Waals surface area contributed by atoms with Crippen molar-refractivity contribution in [3.05, 3.63) is 48.7 Å². The number of carbonyl (C=O) groups is 1. The van der Waals surface area contributed by atoms with Gasteiger partial charge in [0, 0.05) is 23.5 Å². The van der Waals surface area contributed by atoms with Crippen LogP contribution in [0.5, 0.6) is 0 Å². The van der Waals surface area contributed by atoms with Crippen molar-refractivity contribution in [2.24, 2.45) is 0 Å². The SMILES string of the molecule is CCOC(=O)[C@H](Cc1c[nH]c2ccccc12)Nc1ncnc2c1ncn2C1OC(CO)C(O)C1O. The molecule has 4 heterocycles. The quantitative estimate of drug-likeness (QED) is 0.223. The molecule has 12 nitrogen and oxygen atoms in total. The number of para-hydroxylation sites is 1. The van der Waals surface area contributed by atoms with E-state index in [1.54, 1.807) is 6.92 Å². The van der Waals surface area contributed by atoms with Gasteiger partial charge in [-0.2, -0.15) is 0 Å². The van der Waals surface area contributed by atoms with E-state index in [0.29, 0.717) is 23.4 Å². The molecular formula is C23H26N6O6. The summed E-state index contributed by atoms with van der Waals surface area (Å²) in [6.07, 6.45) is 0.436. The van der Waals surface area contributed by atoms with Crippen LogP contribution >= 0.6 is 0 Å². The molecule has 5 N–H and O–H groups in total. The van der Waals surface area contributed by atoms with Gasteiger partial charge in [0.1, 0.15) is 30.7 Å². The first-order chi connectivity index (χ1) is 17.0. The smallest absolute Gasteiger partial charge is 0.328 e. The van der Waals surface area contributed by atoms with Crippen molar-refractivity contribution in [3.63, 3.8) is 0 Å². The molecule has 1 aliphatic rings. The first kappa shape index (κ1) is 23.2. The molecule has 12 heteroatoms. The number of benzene rings is 1. The summed E-state index contributed by atoms with van der Waals surface area (Å²) >= 11 is 0. The minimum Gasteiger partial charge on any atom is -0.464 e. The van der Waals surface area contributed by atoms with Gasteiger partial charge in [0.15, 0.2) is 23.2 Å². The van der Waals surface area contributed by atoms with E-state index in [4.69, 9.17) is 9.47 Å². The number of anilines is 1. The van der Waals surface area contributed by atoms with E-state index in [2.05, 4.69) is 25.3 Å². The number of aliphatic hydroxyl groups excluding tert-OH is 3. The van der Waals surface area contributed by atoms with E-state index in [-0.39, 0.29) is 6.61 Å². The zero-order chi connectivity index (χ0) is 24.5. The maximum absolute atomic E-state index is 12.8. The molecule has 1 aliphatic heterocycles. The normalized spacial score (nSPS) is 23.1. The summed E-state index contributed by atoms with van der Waals surface area (Å²) in [4.78, 5) is 28.9. The summed E-state index contributed by atoms with van der Waals surface area (Å²) in [5.41, 5.74) is 2.57. The molecule has 0 aliphatic carbocycles. The molecular weight excluding hydrogens is 456 g/mol. The predicted molar refractivity (Wildman–Crippen MR) is 124 cm³/mol. The fourth-order valence-electron chi connectivity index (χ4n) is 4.38. The molecule has 0 amide bonds. The summed E-state index contributed by atoms with van der Waals surface area (Å²) in [5.74, 6) is -0.133. The average Bonchev–Trinajstić information content (AvgIpc) is 3.56. The Morgan fingerprint density at radius 2 is 2.09 bits per heavy atom. The second-order valence-electron chi connectivity index (χ2n) is 8.29. The largest absolute Gasteiger partial charge is 0.464 e. The number of hydrogen-bond donors (Lipinski definition) is 5. The Kier molecular flexibility index (Phi) is 6.34. The lowest BCUT2D eigenvalue weighted by molar-refractivity contribution is -0.144. The number of nitrogens with zero attached hydrogens (tertiary/aromatic N) is 4. The number of esters is 1. The van der Waals surface area contributed by atoms with Crippen LogP contribution in [0.1, 0.15) is 18.7 Å². The highest BCUT2D eigenvalue weighted by atomic mass is 16.6. The van der Waals surface area contributed by atoms with Gasteiger partial charge >= 0.3 is 5.97 Å². The zero-order valence-corrected chi connectivity index (χ0v) is 18.9. The summed E-state index contributed by atoms with van der Waals surface area (Å²) in [6.45, 7) is 1.52. The van der Waals surface area contributed by atoms with Crippen LogP contribution in [-0.4, -0.2) is 83.4 Å². The number of fused-ring (bicyclic) bond motifs is 2. The number of ether oxygens (including phenoxy) is 2. The Balaban J connectivity index is 1.46. The highest BCUT2D eigenvalue weighted by Gasteiger charge is 2.44. The van der Waals surface area contributed by atoms with Crippen LogP contribution in [-0.2, 0) is 20.7 Å². The van der Waals surface area contributed by atoms with Crippen LogP contribution in [0.25, 0.3) is 22.1 Å². The van der Waals surface area contributed by atoms with Crippen molar-refractivity contribution in [3.8, 4) is 0 Å². The highest BCUT2D eigenvalue weighted by molar-refractivity contribution is 5.88. The van der Waals surface area contributed by atoms with Crippen molar-refractivity contribution >= 4 is 33.9 Å². The second-order valence-corrected chi connectivity index (χ2v) is 8.29. The summed E-state index contributed by atoms with van der Waals surface area (Å²) in [6, 6.07) is 7.06. The highest BCUT2D eigenvalue weighted by Crippen LogP contribution is 2.32. The fourth-order valence-corrected chi connectivity index (χ4v) is 4.38. The topological polar surface area (TPSA) is 168 Å². The monoisotopic (exact) mass is 482 g/mol. The van der Waals surface area contributed by atoms with Gasteiger partial charge in [0.25, 0.3) is 0 Å². The first-order valence-electron chi connectivity index (χ1n) is 11.3. The summed E-state index contributed by atoms with van der Waals surface area (Å²) in [7, 11) is 0. The maximum atomic E-state index is 12.8. The Morgan fingerprint density at radius 1 is 1.26 bits per heavy atom. The third kappa shape index (κ3) is 4.21. The molecule has 0 bridgehead atoms. The third-order valence-electron chi connectivity index (χ3n) is 6.13. The molecule has 35 heavy (non-hydrogen) atoms. The standard InChI is InChI=1S/C23H26N6O6/c1-2-34-23(33)15(7-12-8-24-14-6-4-3-5-13(12)14)28-20-17-21(26-10-25-20)29(11-27-17)22-19(32)18(31)16(9-30)35-22/h3-6,8,10-11,15-16,18-19,22,24,30-32H,2,7,9H2,1H3,(H,25,26,28)/t15-,16?,18?,19?,22?/m0/s1. The minimum absolute atomic E-state index is 0.226. The lowest BCUT2D eigenvalue weighted by atomic mass is 10.0. The fraction of sp³-hybridized carbons (Fsp3) is 0.391. The summed E-state index contributed by atoms with van der Waals surface area (Å²) < 4.78 is 12.4. The van der Waals surface area contributed by atoms with E-state index in [9.17, 15) is 20.1 Å². The second kappa shape index (κ2) is 9.58. The summed E-state index contributed by atoms with van der Waals surface area (Å²) in [5, 5.41) is 34.1. The van der Waals surface area contributed by atoms with Crippen LogP contribution < -0.4 is 5.32 Å². The molecule has 0 radical (unpaired) electrons. The number of aromatic nitrogens is 5. The lowest BCUT2D eigenvalue weighted by Gasteiger charge is -2.18. The van der Waals surface area contributed by atoms with Crippen molar-refractivity contribution in [1.82, 2.24) is 24.5 Å². The van der Waals surface area contributed by atoms with E-state index >= 15 is 0 Å². The number of carbonyl (C=O) groups excluding carboxylic acids is 1. The van der Waals surface area contributed by atoms with Crippen LogP contribution in [0.4, 0.5) is 5.82 Å². The van der Waals surface area contributed by atoms with Crippen LogP contribution in [0.2, 0.25) is 0 Å². The average molecular weight is 482 g/mol. The molecule has 0 saturated carbocycles. The first-order valence-corrected chi connectivity index (χ1v) is 11.3. The van der Waals surface area contributed by atoms with E-state index in [1.165, 1.54) is 17.2 Å². The maximum Gasteiger partial charge on any atom is 0.328 e. The molecule has 1 saturated heterocycles. The minimum atomic E-state index is -1.29. The molecule has 1 aromatic carbocycles. The van der Waals surface area contributed by atoms with Gasteiger partial charge in [0.2, 0.25) is 0 Å². The molecule has 5 rings (SSSR count). The van der Waals surface area contributed by atoms with Gasteiger partial charge in [-0.1, -0.05) is 18.2 Å². The number of rotatable bonds is 8. The van der Waals surface area contributed by atoms with Gasteiger partial charge < -0.3 is 35.1 Å². The lowest BCUT2D eigenvalue weighted by Crippen LogP contribution is -2.34. The number of H-pyrrole nitrogens is 1. The van der Waals surface area contributed by atoms with Crippen LogP contribution in [0.3, 0.4) is 0 Å². The van der Waals surface area contributed by atoms with Crippen molar-refractivity contribution in [2.45, 2.75) is 43.9 Å². The number of hydrogen-bond acceptors (Lipinski definition) is 10. The van der Waals surface area contributed by atoms with Crippen molar-refractivity contribution in [2.75, 3.05) is 18.5 Å². The van der Waals surface area contributed by atoms with E-state index in [1.807, 2.05) is 30.5 Å². The number of aliphatic hydroxyl groups is 3. The Labute approximate surface area is 199 Å².